The lowest BCUT2D eigenvalue weighted by Gasteiger charge is -2.11. The van der Waals surface area contributed by atoms with Crippen LogP contribution in [0.2, 0.25) is 0 Å². The second-order valence-corrected chi connectivity index (χ2v) is 4.65. The Hall–Kier alpha value is -1.35. The van der Waals surface area contributed by atoms with Gasteiger partial charge in [-0.15, -0.1) is 0 Å². The second kappa shape index (κ2) is 5.82. The first kappa shape index (κ1) is 12.1. The van der Waals surface area contributed by atoms with Gasteiger partial charge >= 0.3 is 0 Å². The van der Waals surface area contributed by atoms with Crippen LogP contribution in [0.1, 0.15) is 35.2 Å². The standard InChI is InChI=1S/C14H20N2O/c1-11-5-2-3-7-13(11)14(17)16-10-8-12-6-4-9-15-12/h2-3,5,7,12,15H,4,6,8-10H2,1H3,(H,16,17)/t12-/m1/s1. The zero-order valence-electron chi connectivity index (χ0n) is 10.3. The summed E-state index contributed by atoms with van der Waals surface area (Å²) in [6.45, 7) is 3.84. The van der Waals surface area contributed by atoms with Gasteiger partial charge in [0.05, 0.1) is 0 Å². The minimum atomic E-state index is 0.0427. The van der Waals surface area contributed by atoms with Crippen molar-refractivity contribution in [3.8, 4) is 0 Å². The van der Waals surface area contributed by atoms with Gasteiger partial charge in [0.2, 0.25) is 0 Å². The van der Waals surface area contributed by atoms with Crippen LogP contribution in [0.5, 0.6) is 0 Å². The first-order valence-electron chi connectivity index (χ1n) is 6.34. The molecule has 0 aromatic heterocycles. The molecule has 1 atom stereocenters. The Kier molecular flexibility index (Phi) is 4.15. The molecule has 2 N–H and O–H groups in total. The third-order valence-corrected chi connectivity index (χ3v) is 3.33. The number of rotatable bonds is 4. The van der Waals surface area contributed by atoms with Crippen LogP contribution in [0.3, 0.4) is 0 Å². The van der Waals surface area contributed by atoms with Gasteiger partial charge in [-0.3, -0.25) is 4.79 Å². The average Bonchev–Trinajstić information content (AvgIpc) is 2.82. The average molecular weight is 232 g/mol. The van der Waals surface area contributed by atoms with Crippen molar-refractivity contribution in [2.24, 2.45) is 0 Å². The molecule has 1 aromatic carbocycles. The quantitative estimate of drug-likeness (QED) is 0.832. The van der Waals surface area contributed by atoms with Crippen LogP contribution in [0, 0.1) is 6.92 Å². The molecule has 3 heteroatoms. The Morgan fingerprint density at radius 3 is 3.00 bits per heavy atom. The van der Waals surface area contributed by atoms with Crippen LogP contribution in [-0.2, 0) is 0 Å². The molecule has 1 aliphatic rings. The minimum absolute atomic E-state index is 0.0427. The highest BCUT2D eigenvalue weighted by molar-refractivity contribution is 5.95. The predicted molar refractivity (Wildman–Crippen MR) is 69.2 cm³/mol. The number of aryl methyl sites for hydroxylation is 1. The number of hydrogen-bond donors (Lipinski definition) is 2. The Bertz CT molecular complexity index is 384. The maximum atomic E-state index is 11.9. The molecule has 92 valence electrons. The van der Waals surface area contributed by atoms with Crippen molar-refractivity contribution in [2.45, 2.75) is 32.2 Å². The second-order valence-electron chi connectivity index (χ2n) is 4.65. The SMILES string of the molecule is Cc1ccccc1C(=O)NCC[C@H]1CCCN1. The largest absolute Gasteiger partial charge is 0.352 e. The number of carbonyl (C=O) groups is 1. The summed E-state index contributed by atoms with van der Waals surface area (Å²) in [5.74, 6) is 0.0427. The molecule has 1 fully saturated rings. The number of amides is 1. The molecule has 1 saturated heterocycles. The van der Waals surface area contributed by atoms with Gasteiger partial charge in [0.15, 0.2) is 0 Å². The summed E-state index contributed by atoms with van der Waals surface area (Å²) in [5, 5.41) is 6.42. The molecule has 2 rings (SSSR count). The molecule has 0 spiro atoms. The fraction of sp³-hybridized carbons (Fsp3) is 0.500. The van der Waals surface area contributed by atoms with Gasteiger partial charge in [-0.05, 0) is 44.4 Å². The zero-order valence-corrected chi connectivity index (χ0v) is 10.3. The van der Waals surface area contributed by atoms with Crippen molar-refractivity contribution in [1.29, 1.82) is 0 Å². The minimum Gasteiger partial charge on any atom is -0.352 e. The van der Waals surface area contributed by atoms with Crippen LogP contribution < -0.4 is 10.6 Å². The van der Waals surface area contributed by atoms with E-state index in [1.165, 1.54) is 12.8 Å². The van der Waals surface area contributed by atoms with Gasteiger partial charge in [-0.2, -0.15) is 0 Å². The lowest BCUT2D eigenvalue weighted by molar-refractivity contribution is 0.0951. The third-order valence-electron chi connectivity index (χ3n) is 3.33. The fourth-order valence-electron chi connectivity index (χ4n) is 2.29. The van der Waals surface area contributed by atoms with E-state index >= 15 is 0 Å². The first-order valence-corrected chi connectivity index (χ1v) is 6.34. The van der Waals surface area contributed by atoms with Crippen molar-refractivity contribution in [3.05, 3.63) is 35.4 Å². The van der Waals surface area contributed by atoms with E-state index < -0.39 is 0 Å². The Morgan fingerprint density at radius 1 is 1.47 bits per heavy atom. The predicted octanol–water partition coefficient (Wildman–Crippen LogP) is 1.87. The molecule has 1 amide bonds. The first-order chi connectivity index (χ1) is 8.27. The molecule has 1 aliphatic heterocycles. The van der Waals surface area contributed by atoms with Gasteiger partial charge in [0, 0.05) is 18.2 Å². The Balaban J connectivity index is 1.79. The molecule has 0 unspecified atom stereocenters. The maximum absolute atomic E-state index is 11.9. The molecular formula is C14H20N2O. The van der Waals surface area contributed by atoms with Gasteiger partial charge < -0.3 is 10.6 Å². The normalized spacial score (nSPS) is 19.2. The maximum Gasteiger partial charge on any atom is 0.251 e. The number of hydrogen-bond acceptors (Lipinski definition) is 2. The van der Waals surface area contributed by atoms with Gasteiger partial charge in [-0.25, -0.2) is 0 Å². The summed E-state index contributed by atoms with van der Waals surface area (Å²) >= 11 is 0. The number of benzene rings is 1. The van der Waals surface area contributed by atoms with E-state index in [0.717, 1.165) is 30.6 Å². The van der Waals surface area contributed by atoms with Crippen LogP contribution in [0.4, 0.5) is 0 Å². The smallest absolute Gasteiger partial charge is 0.251 e. The van der Waals surface area contributed by atoms with Crippen LogP contribution in [-0.4, -0.2) is 25.0 Å². The summed E-state index contributed by atoms with van der Waals surface area (Å²) < 4.78 is 0. The lowest BCUT2D eigenvalue weighted by Crippen LogP contribution is -2.30. The van der Waals surface area contributed by atoms with E-state index in [1.807, 2.05) is 31.2 Å². The summed E-state index contributed by atoms with van der Waals surface area (Å²) in [6.07, 6.45) is 3.52. The molecule has 3 nitrogen and oxygen atoms in total. The molecule has 0 aliphatic carbocycles. The van der Waals surface area contributed by atoms with E-state index in [4.69, 9.17) is 0 Å². The molecule has 17 heavy (non-hydrogen) atoms. The van der Waals surface area contributed by atoms with Crippen LogP contribution in [0.15, 0.2) is 24.3 Å². The number of carbonyl (C=O) groups excluding carboxylic acids is 1. The number of nitrogens with one attached hydrogen (secondary N) is 2. The van der Waals surface area contributed by atoms with Gasteiger partial charge in [0.1, 0.15) is 0 Å². The Morgan fingerprint density at radius 2 is 2.29 bits per heavy atom. The Labute approximate surface area is 103 Å². The van der Waals surface area contributed by atoms with Crippen LogP contribution in [0.25, 0.3) is 0 Å². The van der Waals surface area contributed by atoms with Crippen molar-refractivity contribution in [2.75, 3.05) is 13.1 Å². The highest BCUT2D eigenvalue weighted by Crippen LogP contribution is 2.09. The van der Waals surface area contributed by atoms with Crippen molar-refractivity contribution >= 4 is 5.91 Å². The van der Waals surface area contributed by atoms with Crippen LogP contribution >= 0.6 is 0 Å². The summed E-state index contributed by atoms with van der Waals surface area (Å²) in [4.78, 5) is 11.9. The van der Waals surface area contributed by atoms with Gasteiger partial charge in [0.25, 0.3) is 5.91 Å². The van der Waals surface area contributed by atoms with E-state index in [-0.39, 0.29) is 5.91 Å². The van der Waals surface area contributed by atoms with E-state index in [2.05, 4.69) is 10.6 Å². The van der Waals surface area contributed by atoms with Gasteiger partial charge in [-0.1, -0.05) is 18.2 Å². The topological polar surface area (TPSA) is 41.1 Å². The van der Waals surface area contributed by atoms with Crippen molar-refractivity contribution in [3.63, 3.8) is 0 Å². The highest BCUT2D eigenvalue weighted by Gasteiger charge is 2.14. The molecule has 0 saturated carbocycles. The molecule has 1 aromatic rings. The zero-order chi connectivity index (χ0) is 12.1. The fourth-order valence-corrected chi connectivity index (χ4v) is 2.29. The molecule has 0 radical (unpaired) electrons. The van der Waals surface area contributed by atoms with E-state index in [0.29, 0.717) is 6.04 Å². The molecule has 0 bridgehead atoms. The molecular weight excluding hydrogens is 212 g/mol. The summed E-state index contributed by atoms with van der Waals surface area (Å²) in [5.41, 5.74) is 1.82. The van der Waals surface area contributed by atoms with Crippen molar-refractivity contribution in [1.82, 2.24) is 10.6 Å². The highest BCUT2D eigenvalue weighted by atomic mass is 16.1. The molecule has 1 heterocycles. The van der Waals surface area contributed by atoms with E-state index in [9.17, 15) is 4.79 Å². The monoisotopic (exact) mass is 232 g/mol. The third kappa shape index (κ3) is 3.30. The summed E-state index contributed by atoms with van der Waals surface area (Å²) in [7, 11) is 0. The van der Waals surface area contributed by atoms with Crippen molar-refractivity contribution < 1.29 is 4.79 Å². The lowest BCUT2D eigenvalue weighted by atomic mass is 10.1. The summed E-state index contributed by atoms with van der Waals surface area (Å²) in [6, 6.07) is 8.29. The van der Waals surface area contributed by atoms with E-state index in [1.54, 1.807) is 0 Å².